The number of carbonyl (C=O) groups is 3. The molecule has 9 aromatic rings. The number of nitrogen functional groups attached to an aromatic ring is 3. The smallest absolute Gasteiger partial charge is 0.245 e. The van der Waals surface area contributed by atoms with Crippen LogP contribution in [0.2, 0.25) is 10.0 Å². The van der Waals surface area contributed by atoms with Gasteiger partial charge >= 0.3 is 0 Å². The van der Waals surface area contributed by atoms with Crippen LogP contribution in [0.3, 0.4) is 0 Å². The number of hydrogen-bond acceptors (Lipinski definition) is 18. The lowest BCUT2D eigenvalue weighted by Crippen LogP contribution is -2.26. The predicted molar refractivity (Wildman–Crippen MR) is 368 cm³/mol. The number of anilines is 3. The fourth-order valence-electron chi connectivity index (χ4n) is 11.7. The van der Waals surface area contributed by atoms with E-state index in [-0.39, 0.29) is 76.1 Å². The molecule has 0 spiro atoms. The van der Waals surface area contributed by atoms with Crippen molar-refractivity contribution in [2.75, 3.05) is 99.1 Å². The average molecular weight is 1370 g/mol. The third kappa shape index (κ3) is 14.4. The first-order valence-corrected chi connectivity index (χ1v) is 30.7. The second-order valence-corrected chi connectivity index (χ2v) is 22.8. The van der Waals surface area contributed by atoms with Crippen molar-refractivity contribution < 1.29 is 51.6 Å². The molecule has 9 heterocycles. The molecule has 24 nitrogen and oxygen atoms in total. The quantitative estimate of drug-likeness (QED) is 0.0760. The Morgan fingerprint density at radius 1 is 0.480 bits per heavy atom. The number of ether oxygens (including phenoxy) is 6. The van der Waals surface area contributed by atoms with Gasteiger partial charge in [-0.05, 0) is 67.8 Å². The first-order valence-electron chi connectivity index (χ1n) is 29.9. The summed E-state index contributed by atoms with van der Waals surface area (Å²) in [6, 6.07) is 13.8. The van der Waals surface area contributed by atoms with Gasteiger partial charge in [-0.3, -0.25) is 14.4 Å². The topological polar surface area (TPSA) is 285 Å². The average Bonchev–Trinajstić information content (AvgIpc) is 1.62. The Balaban J connectivity index is 0.000000171. The molecule has 3 aromatic carbocycles. The largest absolute Gasteiger partial charge is 0.497 e. The van der Waals surface area contributed by atoms with Crippen LogP contribution in [0.15, 0.2) is 105 Å². The number of aromatic nitrogens is 9. The van der Waals surface area contributed by atoms with Crippen molar-refractivity contribution in [1.82, 2.24) is 58.5 Å². The minimum Gasteiger partial charge on any atom is -0.497 e. The summed E-state index contributed by atoms with van der Waals surface area (Å²) >= 11 is 12.9. The molecule has 28 heteroatoms. The van der Waals surface area contributed by atoms with Gasteiger partial charge in [0, 0.05) is 97.9 Å². The molecule has 98 heavy (non-hydrogen) atoms. The minimum atomic E-state index is -0.939. The molecule has 0 saturated carbocycles. The summed E-state index contributed by atoms with van der Waals surface area (Å²) in [7, 11) is 8.72. The zero-order valence-corrected chi connectivity index (χ0v) is 55.1. The number of methoxy groups -OCH3 is 6. The molecule has 0 aliphatic carbocycles. The fraction of sp³-hybridized carbons (Fsp3) is 0.271. The normalized spacial score (nSPS) is 15.2. The number of nitrogens with zero attached hydrogens (tertiary/aromatic N) is 12. The van der Waals surface area contributed by atoms with E-state index < -0.39 is 17.2 Å². The van der Waals surface area contributed by atoms with Gasteiger partial charge in [0.05, 0.1) is 75.0 Å². The second-order valence-electron chi connectivity index (χ2n) is 22.0. The molecule has 12 rings (SSSR count). The molecule has 3 unspecified atom stereocenters. The highest BCUT2D eigenvalue weighted by Crippen LogP contribution is 2.41. The molecular weight excluding hydrogens is 1300 g/mol. The van der Waals surface area contributed by atoms with Crippen molar-refractivity contribution in [2.24, 2.45) is 0 Å². The van der Waals surface area contributed by atoms with Gasteiger partial charge in [0.2, 0.25) is 17.7 Å². The highest BCUT2D eigenvalue weighted by Gasteiger charge is 2.33. The first-order chi connectivity index (χ1) is 46.8. The maximum Gasteiger partial charge on any atom is 0.245 e. The van der Waals surface area contributed by atoms with E-state index in [1.807, 2.05) is 24.3 Å². The summed E-state index contributed by atoms with van der Waals surface area (Å²) in [4.78, 5) is 53.5. The van der Waals surface area contributed by atoms with E-state index in [1.54, 1.807) is 60.7 Å². The molecule has 3 saturated heterocycles. The predicted octanol–water partition coefficient (Wildman–Crippen LogP) is 8.91. The monoisotopic (exact) mass is 1370 g/mol. The van der Waals surface area contributed by atoms with Crippen LogP contribution in [-0.2, 0) is 14.4 Å². The Bertz CT molecular complexity index is 4540. The summed E-state index contributed by atoms with van der Waals surface area (Å²) in [5.41, 5.74) is 25.1. The number of fused-ring (bicyclic) bond motifs is 3. The summed E-state index contributed by atoms with van der Waals surface area (Å²) < 4.78 is 65.8. The number of rotatable bonds is 12. The van der Waals surface area contributed by atoms with Crippen LogP contribution in [0.4, 0.5) is 26.2 Å². The van der Waals surface area contributed by atoms with Gasteiger partial charge in [0.25, 0.3) is 0 Å². The Morgan fingerprint density at radius 2 is 0.806 bits per heavy atom. The molecule has 3 amide bonds. The van der Waals surface area contributed by atoms with E-state index in [2.05, 4.69) is 85.5 Å². The van der Waals surface area contributed by atoms with Crippen molar-refractivity contribution in [3.63, 3.8) is 0 Å². The molecule has 6 aromatic heterocycles. The fourth-order valence-corrected chi connectivity index (χ4v) is 12.3. The van der Waals surface area contributed by atoms with Crippen molar-refractivity contribution >= 4 is 74.9 Å². The van der Waals surface area contributed by atoms with Crippen molar-refractivity contribution in [2.45, 2.75) is 44.4 Å². The maximum atomic E-state index is 14.7. The maximum absolute atomic E-state index is 14.7. The standard InChI is InChI=1S/C23H21Cl2N5O3.C23H21F2N5O3.C23H23N5O3.CH4/c2*1-4-19(31)29-8-7-14(11-29)16-9-13(22-23(26)27-12-28-30(16)22)5-6-15-20(24)17(32-2)10-18(33-3)21(15)25;1-4-21(29)27-8-7-17(13-27)20-11-16(22-23(24)25-14-26-28(20)22)6-5-15-9-18(30-2)12-19(10-15)31-3;/h2*4,9-10,12,14H,1,7-8,11H2,2-3H3,(H2,26,27,28);4,9-12,14,17H,1,7-8,13H2,2-3H3,(H2,24,25,26);1H4. The molecule has 0 radical (unpaired) electrons. The van der Waals surface area contributed by atoms with Crippen molar-refractivity contribution in [1.29, 1.82) is 0 Å². The number of hydrogen-bond donors (Lipinski definition) is 3. The number of halogens is 4. The van der Waals surface area contributed by atoms with Crippen LogP contribution in [0.5, 0.6) is 34.5 Å². The zero-order chi connectivity index (χ0) is 69.4. The summed E-state index contributed by atoms with van der Waals surface area (Å²) in [5, 5.41) is 13.6. The second kappa shape index (κ2) is 30.9. The van der Waals surface area contributed by atoms with E-state index in [9.17, 15) is 23.2 Å². The third-order valence-electron chi connectivity index (χ3n) is 16.6. The van der Waals surface area contributed by atoms with Crippen LogP contribution >= 0.6 is 23.2 Å². The van der Waals surface area contributed by atoms with Crippen molar-refractivity contribution in [3.8, 4) is 70.0 Å². The molecule has 3 aliphatic rings. The lowest BCUT2D eigenvalue weighted by atomic mass is 10.0. The van der Waals surface area contributed by atoms with Crippen LogP contribution < -0.4 is 45.6 Å². The molecular formula is C70H69Cl2F2N15O9. The van der Waals surface area contributed by atoms with Gasteiger partial charge in [-0.2, -0.15) is 15.3 Å². The zero-order valence-electron chi connectivity index (χ0n) is 53.6. The van der Waals surface area contributed by atoms with E-state index >= 15 is 0 Å². The van der Waals surface area contributed by atoms with E-state index in [0.29, 0.717) is 108 Å². The van der Waals surface area contributed by atoms with E-state index in [0.717, 1.165) is 47.1 Å². The number of carbonyl (C=O) groups excluding carboxylic acids is 3. The minimum absolute atomic E-state index is 0. The van der Waals surface area contributed by atoms with Crippen molar-refractivity contribution in [3.05, 3.63) is 178 Å². The van der Waals surface area contributed by atoms with Gasteiger partial charge in [0.15, 0.2) is 40.6 Å². The highest BCUT2D eigenvalue weighted by atomic mass is 35.5. The molecule has 506 valence electrons. The summed E-state index contributed by atoms with van der Waals surface area (Å²) in [6.45, 7) is 14.2. The van der Waals surface area contributed by atoms with Gasteiger partial charge < -0.3 is 60.3 Å². The van der Waals surface area contributed by atoms with Gasteiger partial charge in [-0.25, -0.2) is 37.3 Å². The summed E-state index contributed by atoms with van der Waals surface area (Å²) in [5.74, 6) is 18.3. The number of amides is 3. The third-order valence-corrected chi connectivity index (χ3v) is 17.3. The molecule has 6 N–H and O–H groups in total. The summed E-state index contributed by atoms with van der Waals surface area (Å²) in [6.07, 6.45) is 10.4. The number of likely N-dealkylation sites (tertiary alicyclic amines) is 3. The SMILES string of the molecule is C.C=CC(=O)N1CCC(c2cc(C#Cc3c(Cl)c(OC)cc(OC)c3Cl)c3c(N)ncnn23)C1.C=CC(=O)N1CCC(c2cc(C#Cc3c(F)c(OC)cc(OC)c3F)c3c(N)ncnn23)C1.C=CC(=O)N1CCC(c2cc(C#Cc3cc(OC)cc(OC)c3)c3c(N)ncnn23)C1. The number of benzene rings is 3. The lowest BCUT2D eigenvalue weighted by Gasteiger charge is -2.14. The van der Waals surface area contributed by atoms with Crippen LogP contribution in [0.1, 0.15) is 94.9 Å². The number of nitrogens with two attached hydrogens (primary N) is 3. The Morgan fingerprint density at radius 3 is 1.13 bits per heavy atom. The molecule has 3 fully saturated rings. The highest BCUT2D eigenvalue weighted by molar-refractivity contribution is 6.38. The molecule has 3 atom stereocenters. The van der Waals surface area contributed by atoms with Crippen LogP contribution in [0.25, 0.3) is 16.6 Å². The Labute approximate surface area is 573 Å². The first kappa shape index (κ1) is 70.8. The van der Waals surface area contributed by atoms with Gasteiger partial charge in [-0.1, -0.05) is 85.9 Å². The van der Waals surface area contributed by atoms with E-state index in [4.69, 9.17) is 68.8 Å². The van der Waals surface area contributed by atoms with Crippen LogP contribution in [-0.4, -0.2) is 158 Å². The van der Waals surface area contributed by atoms with Gasteiger partial charge in [-0.15, -0.1) is 0 Å². The Hall–Kier alpha value is -11.5. The van der Waals surface area contributed by atoms with Crippen LogP contribution in [0, 0.1) is 47.2 Å². The Kier molecular flexibility index (Phi) is 22.3. The molecule has 0 bridgehead atoms. The lowest BCUT2D eigenvalue weighted by molar-refractivity contribution is -0.125. The molecule has 3 aliphatic heterocycles. The van der Waals surface area contributed by atoms with Gasteiger partial charge in [0.1, 0.15) is 64.1 Å². The van der Waals surface area contributed by atoms with E-state index in [1.165, 1.54) is 65.6 Å².